The van der Waals surface area contributed by atoms with Crippen LogP contribution in [0.2, 0.25) is 5.02 Å². The van der Waals surface area contributed by atoms with Gasteiger partial charge in [0.1, 0.15) is 0 Å². The fraction of sp³-hybridized carbons (Fsp3) is 0.346. The smallest absolute Gasteiger partial charge is 0.347 e. The molecule has 0 aromatic heterocycles. The van der Waals surface area contributed by atoms with Crippen LogP contribution in [0, 0.1) is 17.0 Å². The number of urea groups is 1. The number of rotatable bonds is 9. The van der Waals surface area contributed by atoms with E-state index >= 15 is 0 Å². The Balaban J connectivity index is 2.34. The van der Waals surface area contributed by atoms with Crippen LogP contribution in [0.4, 0.5) is 13.6 Å². The summed E-state index contributed by atoms with van der Waals surface area (Å²) in [5.41, 5.74) is 3.14. The predicted molar refractivity (Wildman–Crippen MR) is 145 cm³/mol. The van der Waals surface area contributed by atoms with Gasteiger partial charge in [-0.2, -0.15) is 4.99 Å². The third-order valence-corrected chi connectivity index (χ3v) is 5.64. The molecule has 1 aliphatic rings. The van der Waals surface area contributed by atoms with Crippen LogP contribution < -0.4 is 10.6 Å². The Labute approximate surface area is 225 Å². The van der Waals surface area contributed by atoms with Crippen molar-refractivity contribution in [1.29, 1.82) is 5.41 Å². The molecule has 3 amide bonds. The minimum absolute atomic E-state index is 0.0251. The van der Waals surface area contributed by atoms with Gasteiger partial charge in [-0.1, -0.05) is 17.7 Å². The van der Waals surface area contributed by atoms with Crippen LogP contribution in [0.15, 0.2) is 57.2 Å². The van der Waals surface area contributed by atoms with E-state index in [1.54, 1.807) is 6.08 Å². The highest BCUT2D eigenvalue weighted by molar-refractivity contribution is 6.30. The molecule has 0 saturated carbocycles. The molecule has 1 aromatic rings. The Morgan fingerprint density at radius 3 is 2.61 bits per heavy atom. The second-order valence-corrected chi connectivity index (χ2v) is 9.05. The first-order valence-corrected chi connectivity index (χ1v) is 12.1. The zero-order valence-corrected chi connectivity index (χ0v) is 22.4. The number of allylic oxidation sites excluding steroid dienone is 5. The molecule has 9 nitrogen and oxygen atoms in total. The number of carbonyl (C=O) groups is 2. The summed E-state index contributed by atoms with van der Waals surface area (Å²) in [4.78, 5) is 34.0. The maximum Gasteiger partial charge on any atom is 0.347 e. The third kappa shape index (κ3) is 8.70. The van der Waals surface area contributed by atoms with Gasteiger partial charge in [0.2, 0.25) is 12.4 Å². The normalized spacial score (nSPS) is 16.6. The zero-order valence-electron chi connectivity index (χ0n) is 21.6. The monoisotopic (exact) mass is 548 g/mol. The van der Waals surface area contributed by atoms with Crippen molar-refractivity contribution in [2.75, 3.05) is 13.2 Å². The van der Waals surface area contributed by atoms with Gasteiger partial charge in [-0.15, -0.1) is 0 Å². The molecule has 0 heterocycles. The first-order valence-electron chi connectivity index (χ1n) is 11.8. The molecule has 0 spiro atoms. The van der Waals surface area contributed by atoms with E-state index < -0.39 is 22.7 Å². The van der Waals surface area contributed by atoms with Crippen molar-refractivity contribution in [3.8, 4) is 0 Å². The van der Waals surface area contributed by atoms with E-state index in [9.17, 15) is 18.4 Å². The molecular formula is C26H31ClF2N6O3. The number of aliphatic imine (C=N–C) groups is 2. The van der Waals surface area contributed by atoms with Crippen LogP contribution in [0.25, 0.3) is 0 Å². The predicted octanol–water partition coefficient (Wildman–Crippen LogP) is 4.27. The number of carbonyl (C=O) groups excluding carboxylic acids is 2. The molecule has 1 aromatic carbocycles. The SMILES string of the molecule is C/C=C1/C=C(N/C(=N/C(=O)N(CC(C)=N)Cc2cc(F)c(F)c(Cl)c2)NC=O)C(C)=C/C1=N/C(C)CCO. The molecule has 12 heteroatoms. The molecule has 0 aliphatic heterocycles. The summed E-state index contributed by atoms with van der Waals surface area (Å²) >= 11 is 5.73. The van der Waals surface area contributed by atoms with Crippen LogP contribution in [0.5, 0.6) is 0 Å². The van der Waals surface area contributed by atoms with Gasteiger partial charge >= 0.3 is 6.03 Å². The summed E-state index contributed by atoms with van der Waals surface area (Å²) in [6.07, 6.45) is 6.35. The summed E-state index contributed by atoms with van der Waals surface area (Å²) in [6, 6.07) is 1.18. The molecular weight excluding hydrogens is 518 g/mol. The number of hydrogen-bond donors (Lipinski definition) is 4. The molecule has 1 atom stereocenters. The number of aliphatic hydroxyl groups is 1. The fourth-order valence-corrected chi connectivity index (χ4v) is 3.75. The average Bonchev–Trinajstić information content (AvgIpc) is 2.83. The van der Waals surface area contributed by atoms with Crippen molar-refractivity contribution in [1.82, 2.24) is 15.5 Å². The Morgan fingerprint density at radius 1 is 1.32 bits per heavy atom. The maximum atomic E-state index is 13.8. The Kier molecular flexibility index (Phi) is 11.5. The van der Waals surface area contributed by atoms with E-state index in [4.69, 9.17) is 22.1 Å². The molecule has 38 heavy (non-hydrogen) atoms. The Bertz CT molecular complexity index is 1220. The highest BCUT2D eigenvalue weighted by Crippen LogP contribution is 2.22. The van der Waals surface area contributed by atoms with Crippen molar-refractivity contribution < 1.29 is 23.5 Å². The van der Waals surface area contributed by atoms with Gasteiger partial charge < -0.3 is 20.7 Å². The highest BCUT2D eigenvalue weighted by Gasteiger charge is 2.20. The Morgan fingerprint density at radius 2 is 2.03 bits per heavy atom. The van der Waals surface area contributed by atoms with E-state index in [-0.39, 0.29) is 43.0 Å². The summed E-state index contributed by atoms with van der Waals surface area (Å²) in [5, 5.41) is 21.8. The van der Waals surface area contributed by atoms with E-state index in [1.807, 2.05) is 32.9 Å². The van der Waals surface area contributed by atoms with Crippen LogP contribution in [-0.4, -0.2) is 59.0 Å². The van der Waals surface area contributed by atoms with Crippen molar-refractivity contribution in [2.45, 2.75) is 46.7 Å². The van der Waals surface area contributed by atoms with Crippen LogP contribution in [-0.2, 0) is 11.3 Å². The molecule has 1 aliphatic carbocycles. The topological polar surface area (TPSA) is 130 Å². The molecule has 0 bridgehead atoms. The molecule has 0 radical (unpaired) electrons. The number of guanidine groups is 1. The summed E-state index contributed by atoms with van der Waals surface area (Å²) in [7, 11) is 0. The lowest BCUT2D eigenvalue weighted by molar-refractivity contribution is -0.108. The van der Waals surface area contributed by atoms with Gasteiger partial charge in [-0.05, 0) is 75.1 Å². The first-order chi connectivity index (χ1) is 18.0. The molecule has 4 N–H and O–H groups in total. The van der Waals surface area contributed by atoms with Gasteiger partial charge in [-0.25, -0.2) is 13.6 Å². The van der Waals surface area contributed by atoms with Crippen LogP contribution in [0.3, 0.4) is 0 Å². The summed E-state index contributed by atoms with van der Waals surface area (Å²) in [6.45, 7) is 6.70. The minimum Gasteiger partial charge on any atom is -0.396 e. The van der Waals surface area contributed by atoms with Gasteiger partial charge in [-0.3, -0.25) is 15.1 Å². The van der Waals surface area contributed by atoms with Gasteiger partial charge in [0.25, 0.3) is 0 Å². The number of amides is 3. The molecule has 204 valence electrons. The second-order valence-electron chi connectivity index (χ2n) is 8.65. The first kappa shape index (κ1) is 30.5. The minimum atomic E-state index is -1.20. The zero-order chi connectivity index (χ0) is 28.4. The van der Waals surface area contributed by atoms with E-state index in [1.165, 1.54) is 13.0 Å². The van der Waals surface area contributed by atoms with Gasteiger partial charge in [0, 0.05) is 24.6 Å². The highest BCUT2D eigenvalue weighted by atomic mass is 35.5. The number of hydrogen-bond acceptors (Lipinski definition) is 5. The number of nitrogens with zero attached hydrogens (tertiary/aromatic N) is 3. The van der Waals surface area contributed by atoms with Crippen molar-refractivity contribution in [2.24, 2.45) is 9.98 Å². The van der Waals surface area contributed by atoms with Crippen molar-refractivity contribution in [3.63, 3.8) is 0 Å². The molecule has 2 rings (SSSR count). The number of nitrogens with one attached hydrogen (secondary N) is 3. The lowest BCUT2D eigenvalue weighted by Gasteiger charge is -2.22. The number of aliphatic hydroxyl groups excluding tert-OH is 1. The number of halogens is 3. The summed E-state index contributed by atoms with van der Waals surface area (Å²) < 4.78 is 27.4. The third-order valence-electron chi connectivity index (χ3n) is 5.36. The van der Waals surface area contributed by atoms with Crippen LogP contribution in [0.1, 0.15) is 39.7 Å². The van der Waals surface area contributed by atoms with E-state index in [0.29, 0.717) is 18.5 Å². The van der Waals surface area contributed by atoms with Crippen LogP contribution >= 0.6 is 11.6 Å². The van der Waals surface area contributed by atoms with Gasteiger partial charge in [0.15, 0.2) is 11.6 Å². The molecule has 1 unspecified atom stereocenters. The van der Waals surface area contributed by atoms with E-state index in [0.717, 1.165) is 27.8 Å². The summed E-state index contributed by atoms with van der Waals surface area (Å²) in [5.74, 6) is -2.54. The maximum absolute atomic E-state index is 13.8. The van der Waals surface area contributed by atoms with Gasteiger partial charge in [0.05, 0.1) is 23.3 Å². The Hall–Kier alpha value is -3.70. The number of benzene rings is 1. The lowest BCUT2D eigenvalue weighted by Crippen LogP contribution is -2.40. The van der Waals surface area contributed by atoms with E-state index in [2.05, 4.69) is 20.6 Å². The lowest BCUT2D eigenvalue weighted by atomic mass is 9.97. The second kappa shape index (κ2) is 14.3. The van der Waals surface area contributed by atoms with Crippen molar-refractivity contribution in [3.05, 3.63) is 69.4 Å². The molecule has 0 saturated heterocycles. The average molecular weight is 549 g/mol. The largest absolute Gasteiger partial charge is 0.396 e. The fourth-order valence-electron chi connectivity index (χ4n) is 3.52. The molecule has 0 fully saturated rings. The van der Waals surface area contributed by atoms with Crippen molar-refractivity contribution >= 4 is 41.4 Å². The standard InChI is InChI=1S/C26H31ClF2N6O3/c1-5-19-11-22(15(2)8-23(19)32-17(4)6-7-36)33-25(31-14-37)34-26(38)35(12-16(3)30)13-18-9-20(27)24(29)21(28)10-18/h5,8-11,14,17,30,36H,6-7,12-13H2,1-4H3,(H2,31,33,34,37,38)/b19-5-,30-16?,32-23-. The quantitative estimate of drug-likeness (QED) is 0.159.